The molecule has 1 aromatic carbocycles. The van der Waals surface area contributed by atoms with Crippen LogP contribution in [-0.4, -0.2) is 42.3 Å². The lowest BCUT2D eigenvalue weighted by molar-refractivity contribution is 0.108. The van der Waals surface area contributed by atoms with Crippen LogP contribution in [0.25, 0.3) is 0 Å². The van der Waals surface area contributed by atoms with E-state index in [0.29, 0.717) is 5.92 Å². The fourth-order valence-corrected chi connectivity index (χ4v) is 2.71. The molecule has 0 fully saturated rings. The zero-order valence-electron chi connectivity index (χ0n) is 17.4. The number of benzene rings is 1. The molecular formula is C21H34IN5O. The summed E-state index contributed by atoms with van der Waals surface area (Å²) in [6.45, 7) is 10.4. The maximum absolute atomic E-state index is 5.60. The van der Waals surface area contributed by atoms with Crippen LogP contribution in [0, 0.1) is 12.8 Å². The molecule has 0 aliphatic heterocycles. The predicted octanol–water partition coefficient (Wildman–Crippen LogP) is 3.59. The van der Waals surface area contributed by atoms with Crippen molar-refractivity contribution in [3.8, 4) is 0 Å². The topological polar surface area (TPSA) is 63.5 Å². The molecule has 0 aliphatic rings. The van der Waals surface area contributed by atoms with Crippen molar-refractivity contribution in [2.75, 3.05) is 26.8 Å². The number of nitrogens with zero attached hydrogens (tertiary/aromatic N) is 3. The Bertz CT molecular complexity index is 714. The third-order valence-corrected chi connectivity index (χ3v) is 4.16. The van der Waals surface area contributed by atoms with E-state index >= 15 is 0 Å². The van der Waals surface area contributed by atoms with Gasteiger partial charge >= 0.3 is 0 Å². The van der Waals surface area contributed by atoms with E-state index in [1.165, 1.54) is 11.1 Å². The molecule has 156 valence electrons. The summed E-state index contributed by atoms with van der Waals surface area (Å²) in [4.78, 5) is 8.56. The van der Waals surface area contributed by atoms with Crippen LogP contribution >= 0.6 is 24.0 Å². The molecule has 0 bridgehead atoms. The van der Waals surface area contributed by atoms with E-state index in [4.69, 9.17) is 4.74 Å². The lowest BCUT2D eigenvalue weighted by Gasteiger charge is -2.13. The van der Waals surface area contributed by atoms with Crippen LogP contribution in [0.3, 0.4) is 0 Å². The van der Waals surface area contributed by atoms with Gasteiger partial charge in [0.05, 0.1) is 0 Å². The van der Waals surface area contributed by atoms with Gasteiger partial charge in [0.1, 0.15) is 5.82 Å². The van der Waals surface area contributed by atoms with Gasteiger partial charge in [-0.1, -0.05) is 38.1 Å². The highest BCUT2D eigenvalue weighted by Gasteiger charge is 2.02. The van der Waals surface area contributed by atoms with Crippen LogP contribution in [0.4, 0.5) is 0 Å². The lowest BCUT2D eigenvalue weighted by atomic mass is 10.1. The molecule has 0 saturated heterocycles. The smallest absolute Gasteiger partial charge is 0.191 e. The molecule has 1 heterocycles. The molecule has 2 N–H and O–H groups in total. The summed E-state index contributed by atoms with van der Waals surface area (Å²) in [5.41, 5.74) is 2.49. The maximum atomic E-state index is 5.60. The molecule has 0 atom stereocenters. The molecule has 0 unspecified atom stereocenters. The third kappa shape index (κ3) is 9.05. The summed E-state index contributed by atoms with van der Waals surface area (Å²) in [6.07, 6.45) is 4.81. The average molecular weight is 499 g/mol. The first-order valence-electron chi connectivity index (χ1n) is 9.66. The number of aryl methyl sites for hydroxylation is 1. The maximum Gasteiger partial charge on any atom is 0.191 e. The zero-order valence-corrected chi connectivity index (χ0v) is 19.8. The summed E-state index contributed by atoms with van der Waals surface area (Å²) >= 11 is 0. The fraction of sp³-hybridized carbons (Fsp3) is 0.524. The van der Waals surface area contributed by atoms with E-state index < -0.39 is 0 Å². The standard InChI is InChI=1S/C21H33N5O.HI/c1-17(2)16-27-12-6-9-24-21(22-4)25-14-19-7-5-8-20(13-19)15-26-11-10-23-18(26)3;/h5,7-8,10-11,13,17H,6,9,12,14-16H2,1-4H3,(H2,22,24,25);1H. The number of rotatable bonds is 10. The fourth-order valence-electron chi connectivity index (χ4n) is 2.71. The lowest BCUT2D eigenvalue weighted by Crippen LogP contribution is -2.37. The molecule has 2 aromatic rings. The normalized spacial score (nSPS) is 11.4. The predicted molar refractivity (Wildman–Crippen MR) is 126 cm³/mol. The van der Waals surface area contributed by atoms with Crippen LogP contribution in [-0.2, 0) is 17.8 Å². The number of ether oxygens (including phenoxy) is 1. The molecular weight excluding hydrogens is 465 g/mol. The minimum absolute atomic E-state index is 0. The Morgan fingerprint density at radius 1 is 1.25 bits per heavy atom. The Hall–Kier alpha value is -1.61. The van der Waals surface area contributed by atoms with Crippen molar-refractivity contribution in [3.63, 3.8) is 0 Å². The van der Waals surface area contributed by atoms with Crippen molar-refractivity contribution < 1.29 is 4.74 Å². The average Bonchev–Trinajstić information content (AvgIpc) is 3.05. The van der Waals surface area contributed by atoms with E-state index in [1.54, 1.807) is 7.05 Å². The van der Waals surface area contributed by atoms with Gasteiger partial charge in [-0.15, -0.1) is 24.0 Å². The van der Waals surface area contributed by atoms with Crippen LogP contribution in [0.1, 0.15) is 37.2 Å². The van der Waals surface area contributed by atoms with E-state index in [2.05, 4.69) is 63.3 Å². The molecule has 6 nitrogen and oxygen atoms in total. The van der Waals surface area contributed by atoms with E-state index in [1.807, 2.05) is 19.3 Å². The van der Waals surface area contributed by atoms with Crippen molar-refractivity contribution in [3.05, 3.63) is 53.6 Å². The van der Waals surface area contributed by atoms with Gasteiger partial charge in [0.15, 0.2) is 5.96 Å². The summed E-state index contributed by atoms with van der Waals surface area (Å²) in [6, 6.07) is 8.60. The molecule has 0 radical (unpaired) electrons. The van der Waals surface area contributed by atoms with Crippen LogP contribution in [0.2, 0.25) is 0 Å². The molecule has 28 heavy (non-hydrogen) atoms. The van der Waals surface area contributed by atoms with Gasteiger partial charge in [-0.3, -0.25) is 4.99 Å². The van der Waals surface area contributed by atoms with E-state index in [0.717, 1.165) is 51.1 Å². The van der Waals surface area contributed by atoms with Crippen molar-refractivity contribution in [1.82, 2.24) is 20.2 Å². The van der Waals surface area contributed by atoms with E-state index in [9.17, 15) is 0 Å². The summed E-state index contributed by atoms with van der Waals surface area (Å²) in [5.74, 6) is 2.43. The second-order valence-corrected chi connectivity index (χ2v) is 7.10. The minimum atomic E-state index is 0. The first-order valence-corrected chi connectivity index (χ1v) is 9.66. The Morgan fingerprint density at radius 3 is 2.71 bits per heavy atom. The quantitative estimate of drug-likeness (QED) is 0.227. The molecule has 0 amide bonds. The minimum Gasteiger partial charge on any atom is -0.381 e. The molecule has 1 aromatic heterocycles. The van der Waals surface area contributed by atoms with Gasteiger partial charge in [-0.05, 0) is 30.4 Å². The van der Waals surface area contributed by atoms with Crippen LogP contribution in [0.15, 0.2) is 41.7 Å². The van der Waals surface area contributed by atoms with Crippen LogP contribution in [0.5, 0.6) is 0 Å². The SMILES string of the molecule is CN=C(NCCCOCC(C)C)NCc1cccc(Cn2ccnc2C)c1.I. The van der Waals surface area contributed by atoms with Gasteiger partial charge in [-0.2, -0.15) is 0 Å². The highest BCUT2D eigenvalue weighted by Crippen LogP contribution is 2.08. The third-order valence-electron chi connectivity index (χ3n) is 4.16. The Balaban J connectivity index is 0.00000392. The van der Waals surface area contributed by atoms with Gasteiger partial charge in [-0.25, -0.2) is 4.98 Å². The number of aromatic nitrogens is 2. The van der Waals surface area contributed by atoms with Gasteiger partial charge in [0.25, 0.3) is 0 Å². The molecule has 0 spiro atoms. The zero-order chi connectivity index (χ0) is 19.5. The summed E-state index contributed by atoms with van der Waals surface area (Å²) in [5, 5.41) is 6.70. The summed E-state index contributed by atoms with van der Waals surface area (Å²) < 4.78 is 7.74. The molecule has 0 aliphatic carbocycles. The first-order chi connectivity index (χ1) is 13.1. The summed E-state index contributed by atoms with van der Waals surface area (Å²) in [7, 11) is 1.79. The molecule has 2 rings (SSSR count). The highest BCUT2D eigenvalue weighted by molar-refractivity contribution is 14.0. The van der Waals surface area contributed by atoms with Gasteiger partial charge in [0, 0.05) is 52.3 Å². The number of guanidine groups is 1. The highest BCUT2D eigenvalue weighted by atomic mass is 127. The number of hydrogen-bond acceptors (Lipinski definition) is 3. The second-order valence-electron chi connectivity index (χ2n) is 7.10. The number of aliphatic imine (C=N–C) groups is 1. The van der Waals surface area contributed by atoms with Crippen molar-refractivity contribution in [2.45, 2.75) is 40.3 Å². The number of hydrogen-bond donors (Lipinski definition) is 2. The number of imidazole rings is 1. The van der Waals surface area contributed by atoms with Gasteiger partial charge in [0.2, 0.25) is 0 Å². The van der Waals surface area contributed by atoms with Crippen molar-refractivity contribution >= 4 is 29.9 Å². The van der Waals surface area contributed by atoms with E-state index in [-0.39, 0.29) is 24.0 Å². The second kappa shape index (κ2) is 13.5. The monoisotopic (exact) mass is 499 g/mol. The number of halogens is 1. The number of nitrogens with one attached hydrogen (secondary N) is 2. The van der Waals surface area contributed by atoms with Crippen molar-refractivity contribution in [1.29, 1.82) is 0 Å². The van der Waals surface area contributed by atoms with Crippen molar-refractivity contribution in [2.24, 2.45) is 10.9 Å². The largest absolute Gasteiger partial charge is 0.381 e. The molecule has 7 heteroatoms. The molecule has 0 saturated carbocycles. The Labute approximate surface area is 186 Å². The Kier molecular flexibility index (Phi) is 11.8. The first kappa shape index (κ1) is 24.4. The van der Waals surface area contributed by atoms with Crippen LogP contribution < -0.4 is 10.6 Å². The van der Waals surface area contributed by atoms with Gasteiger partial charge < -0.3 is 19.9 Å². The Morgan fingerprint density at radius 2 is 2.04 bits per heavy atom.